The highest BCUT2D eigenvalue weighted by Gasteiger charge is 2.10. The molecule has 0 radical (unpaired) electrons. The number of amides is 4. The van der Waals surface area contributed by atoms with Crippen LogP contribution in [0.5, 0.6) is 0 Å². The lowest BCUT2D eigenvalue weighted by molar-refractivity contribution is -0.119. The van der Waals surface area contributed by atoms with E-state index in [9.17, 15) is 19.2 Å². The molecule has 0 aliphatic rings. The zero-order valence-electron chi connectivity index (χ0n) is 9.94. The predicted octanol–water partition coefficient (Wildman–Crippen LogP) is 0.239. The number of hydrogen-bond acceptors (Lipinski definition) is 4. The third-order valence-corrected chi connectivity index (χ3v) is 1.99. The van der Waals surface area contributed by atoms with Gasteiger partial charge in [-0.25, -0.2) is 0 Å². The Hall–Kier alpha value is -2.50. The Morgan fingerprint density at radius 1 is 0.722 bits per heavy atom. The maximum Gasteiger partial charge on any atom is 0.257 e. The molecular weight excluding hydrogens is 236 g/mol. The number of carbonyl (C=O) groups is 4. The summed E-state index contributed by atoms with van der Waals surface area (Å²) in [5, 5.41) is 4.21. The summed E-state index contributed by atoms with van der Waals surface area (Å²) in [5.41, 5.74) is 0.508. The molecule has 0 aliphatic carbocycles. The Labute approximate surface area is 103 Å². The van der Waals surface area contributed by atoms with E-state index in [2.05, 4.69) is 10.6 Å². The molecular formula is C12H12N2O4. The van der Waals surface area contributed by atoms with E-state index in [1.807, 2.05) is 0 Å². The molecule has 0 aromatic heterocycles. The van der Waals surface area contributed by atoms with Gasteiger partial charge in [0, 0.05) is 25.0 Å². The molecule has 0 bridgehead atoms. The molecule has 0 aliphatic heterocycles. The van der Waals surface area contributed by atoms with E-state index in [-0.39, 0.29) is 11.1 Å². The van der Waals surface area contributed by atoms with Gasteiger partial charge in [-0.3, -0.25) is 29.8 Å². The molecule has 0 heterocycles. The Bertz CT molecular complexity index is 458. The van der Waals surface area contributed by atoms with Crippen LogP contribution in [0.15, 0.2) is 24.3 Å². The molecule has 0 unspecified atom stereocenters. The second-order valence-electron chi connectivity index (χ2n) is 3.60. The first kappa shape index (κ1) is 13.6. The van der Waals surface area contributed by atoms with Crippen LogP contribution < -0.4 is 10.6 Å². The van der Waals surface area contributed by atoms with Gasteiger partial charge in [0.1, 0.15) is 0 Å². The maximum atomic E-state index is 11.4. The van der Waals surface area contributed by atoms with Gasteiger partial charge < -0.3 is 0 Å². The highest BCUT2D eigenvalue weighted by molar-refractivity contribution is 6.06. The second-order valence-corrected chi connectivity index (χ2v) is 3.60. The fourth-order valence-corrected chi connectivity index (χ4v) is 1.24. The third-order valence-electron chi connectivity index (χ3n) is 1.99. The molecule has 2 N–H and O–H groups in total. The molecule has 0 saturated carbocycles. The number of benzene rings is 1. The molecule has 6 nitrogen and oxygen atoms in total. The minimum Gasteiger partial charge on any atom is -0.293 e. The summed E-state index contributed by atoms with van der Waals surface area (Å²) in [6.45, 7) is 2.46. The van der Waals surface area contributed by atoms with Crippen LogP contribution in [0, 0.1) is 0 Å². The van der Waals surface area contributed by atoms with Crippen molar-refractivity contribution < 1.29 is 19.2 Å². The summed E-state index contributed by atoms with van der Waals surface area (Å²) in [5.74, 6) is -2.00. The molecule has 0 saturated heterocycles. The minimum absolute atomic E-state index is 0.254. The van der Waals surface area contributed by atoms with Crippen molar-refractivity contribution in [1.82, 2.24) is 10.6 Å². The number of rotatable bonds is 2. The third kappa shape index (κ3) is 3.82. The van der Waals surface area contributed by atoms with Crippen molar-refractivity contribution in [3.8, 4) is 0 Å². The Morgan fingerprint density at radius 2 is 1.00 bits per heavy atom. The van der Waals surface area contributed by atoms with E-state index >= 15 is 0 Å². The zero-order chi connectivity index (χ0) is 13.7. The van der Waals surface area contributed by atoms with Gasteiger partial charge >= 0.3 is 0 Å². The molecule has 4 amide bonds. The van der Waals surface area contributed by atoms with E-state index in [0.29, 0.717) is 0 Å². The van der Waals surface area contributed by atoms with E-state index in [4.69, 9.17) is 0 Å². The van der Waals surface area contributed by atoms with Crippen LogP contribution in [0.3, 0.4) is 0 Å². The number of imide groups is 2. The lowest BCUT2D eigenvalue weighted by atomic mass is 10.1. The van der Waals surface area contributed by atoms with E-state index in [1.54, 1.807) is 0 Å². The number of carbonyl (C=O) groups excluding carboxylic acids is 4. The lowest BCUT2D eigenvalue weighted by Gasteiger charge is -2.03. The summed E-state index contributed by atoms with van der Waals surface area (Å²) in [6, 6.07) is 5.58. The van der Waals surface area contributed by atoms with Crippen LogP contribution in [0.4, 0.5) is 0 Å². The Kier molecular flexibility index (Phi) is 4.31. The van der Waals surface area contributed by atoms with Crippen molar-refractivity contribution in [2.75, 3.05) is 0 Å². The van der Waals surface area contributed by atoms with Gasteiger partial charge in [0.25, 0.3) is 11.8 Å². The quantitative estimate of drug-likeness (QED) is 0.784. The van der Waals surface area contributed by atoms with Crippen LogP contribution in [0.25, 0.3) is 0 Å². The summed E-state index contributed by atoms with van der Waals surface area (Å²) >= 11 is 0. The molecule has 0 spiro atoms. The molecule has 18 heavy (non-hydrogen) atoms. The predicted molar refractivity (Wildman–Crippen MR) is 62.7 cm³/mol. The van der Waals surface area contributed by atoms with Gasteiger partial charge in [0.2, 0.25) is 11.8 Å². The van der Waals surface area contributed by atoms with E-state index in [0.717, 1.165) is 0 Å². The molecule has 1 rings (SSSR count). The molecule has 1 aromatic carbocycles. The van der Waals surface area contributed by atoms with Crippen molar-refractivity contribution in [2.45, 2.75) is 13.8 Å². The van der Waals surface area contributed by atoms with Crippen molar-refractivity contribution in [1.29, 1.82) is 0 Å². The van der Waals surface area contributed by atoms with Gasteiger partial charge in [-0.05, 0) is 24.3 Å². The summed E-state index contributed by atoms with van der Waals surface area (Å²) < 4.78 is 0. The average Bonchev–Trinajstić information content (AvgIpc) is 2.27. The van der Waals surface area contributed by atoms with Crippen molar-refractivity contribution in [3.63, 3.8) is 0 Å². The monoisotopic (exact) mass is 248 g/mol. The topological polar surface area (TPSA) is 92.3 Å². The standard InChI is InChI=1S/C12H12N2O4/c1-7(15)13-11(17)9-3-5-10(6-4-9)12(18)14-8(2)16/h3-6H,1-2H3,(H,13,15,17)(H,14,16,18). The van der Waals surface area contributed by atoms with Gasteiger partial charge in [-0.2, -0.15) is 0 Å². The summed E-state index contributed by atoms with van der Waals surface area (Å²) in [6.07, 6.45) is 0. The van der Waals surface area contributed by atoms with Crippen LogP contribution in [0.2, 0.25) is 0 Å². The Balaban J connectivity index is 2.79. The van der Waals surface area contributed by atoms with Gasteiger partial charge in [-0.1, -0.05) is 0 Å². The fraction of sp³-hybridized carbons (Fsp3) is 0.167. The normalized spacial score (nSPS) is 9.44. The smallest absolute Gasteiger partial charge is 0.257 e. The highest BCUT2D eigenvalue weighted by atomic mass is 16.2. The average molecular weight is 248 g/mol. The van der Waals surface area contributed by atoms with E-state index < -0.39 is 23.6 Å². The number of hydrogen-bond donors (Lipinski definition) is 2. The molecule has 0 fully saturated rings. The maximum absolute atomic E-state index is 11.4. The first-order valence-electron chi connectivity index (χ1n) is 5.14. The Morgan fingerprint density at radius 3 is 1.22 bits per heavy atom. The van der Waals surface area contributed by atoms with Gasteiger partial charge in [-0.15, -0.1) is 0 Å². The SMILES string of the molecule is CC(=O)NC(=O)c1ccc(C(=O)NC(C)=O)cc1. The molecule has 1 aromatic rings. The first-order chi connectivity index (χ1) is 8.40. The van der Waals surface area contributed by atoms with Crippen molar-refractivity contribution in [3.05, 3.63) is 35.4 Å². The number of nitrogens with one attached hydrogen (secondary N) is 2. The largest absolute Gasteiger partial charge is 0.293 e. The first-order valence-corrected chi connectivity index (χ1v) is 5.14. The zero-order valence-corrected chi connectivity index (χ0v) is 9.94. The summed E-state index contributed by atoms with van der Waals surface area (Å²) in [4.78, 5) is 44.2. The van der Waals surface area contributed by atoms with E-state index in [1.165, 1.54) is 38.1 Å². The molecule has 94 valence electrons. The fourth-order valence-electron chi connectivity index (χ4n) is 1.24. The van der Waals surface area contributed by atoms with Crippen molar-refractivity contribution >= 4 is 23.6 Å². The van der Waals surface area contributed by atoms with Crippen molar-refractivity contribution in [2.24, 2.45) is 0 Å². The van der Waals surface area contributed by atoms with Crippen LogP contribution >= 0.6 is 0 Å². The molecule has 6 heteroatoms. The second kappa shape index (κ2) is 5.72. The highest BCUT2D eigenvalue weighted by Crippen LogP contribution is 2.04. The van der Waals surface area contributed by atoms with Gasteiger partial charge in [0.05, 0.1) is 0 Å². The van der Waals surface area contributed by atoms with Crippen LogP contribution in [0.1, 0.15) is 34.6 Å². The molecule has 0 atom stereocenters. The minimum atomic E-state index is -0.541. The lowest BCUT2D eigenvalue weighted by Crippen LogP contribution is -2.29. The van der Waals surface area contributed by atoms with Crippen LogP contribution in [-0.4, -0.2) is 23.6 Å². The van der Waals surface area contributed by atoms with Crippen LogP contribution in [-0.2, 0) is 9.59 Å². The van der Waals surface area contributed by atoms with Gasteiger partial charge in [0.15, 0.2) is 0 Å². The summed E-state index contributed by atoms with van der Waals surface area (Å²) in [7, 11) is 0.